The number of nitrogens with zero attached hydrogens (tertiary/aromatic N) is 1. The molecule has 1 atom stereocenters. The third-order valence-electron chi connectivity index (χ3n) is 3.29. The topological polar surface area (TPSA) is 88.2 Å². The lowest BCUT2D eigenvalue weighted by molar-refractivity contribution is 0.1000. The number of amides is 1. The number of aliphatic hydroxyl groups excluding tert-OH is 1. The van der Waals surface area contributed by atoms with Crippen LogP contribution in [-0.4, -0.2) is 22.6 Å². The smallest absolute Gasteiger partial charge is 0.250 e. The number of benzene rings is 1. The van der Waals surface area contributed by atoms with E-state index in [2.05, 4.69) is 10.3 Å². The van der Waals surface area contributed by atoms with Crippen molar-refractivity contribution in [3.8, 4) is 0 Å². The van der Waals surface area contributed by atoms with Crippen molar-refractivity contribution in [1.29, 1.82) is 0 Å². The van der Waals surface area contributed by atoms with Crippen molar-refractivity contribution < 1.29 is 9.90 Å². The Kier molecular flexibility index (Phi) is 5.75. The van der Waals surface area contributed by atoms with Crippen LogP contribution in [0.5, 0.6) is 0 Å². The minimum absolute atomic E-state index is 0.0298. The van der Waals surface area contributed by atoms with Gasteiger partial charge in [0.25, 0.3) is 0 Å². The fraction of sp³-hybridized carbons (Fsp3) is 0.250. The van der Waals surface area contributed by atoms with Crippen LogP contribution in [0.2, 0.25) is 5.02 Å². The largest absolute Gasteiger partial charge is 0.396 e. The van der Waals surface area contributed by atoms with E-state index in [1.165, 1.54) is 12.3 Å². The Hall–Kier alpha value is -2.11. The van der Waals surface area contributed by atoms with Crippen LogP contribution >= 0.6 is 11.6 Å². The highest BCUT2D eigenvalue weighted by atomic mass is 35.5. The zero-order chi connectivity index (χ0) is 15.9. The van der Waals surface area contributed by atoms with Gasteiger partial charge in [0, 0.05) is 12.8 Å². The van der Waals surface area contributed by atoms with Crippen LogP contribution in [0.1, 0.15) is 34.8 Å². The molecule has 2 aromatic rings. The molecule has 0 aliphatic rings. The van der Waals surface area contributed by atoms with E-state index in [1.54, 1.807) is 0 Å². The van der Waals surface area contributed by atoms with Gasteiger partial charge in [-0.25, -0.2) is 4.98 Å². The van der Waals surface area contributed by atoms with Gasteiger partial charge in [-0.15, -0.1) is 0 Å². The van der Waals surface area contributed by atoms with Gasteiger partial charge in [0.15, 0.2) is 0 Å². The number of nitrogens with two attached hydrogens (primary N) is 1. The molecule has 6 heteroatoms. The predicted octanol–water partition coefficient (Wildman–Crippen LogP) is 2.76. The van der Waals surface area contributed by atoms with E-state index in [0.29, 0.717) is 17.3 Å². The fourth-order valence-corrected chi connectivity index (χ4v) is 2.37. The summed E-state index contributed by atoms with van der Waals surface area (Å²) in [6.45, 7) is 0.118. The van der Waals surface area contributed by atoms with E-state index in [-0.39, 0.29) is 18.2 Å². The summed E-state index contributed by atoms with van der Waals surface area (Å²) in [5.74, 6) is -0.0840. The van der Waals surface area contributed by atoms with Crippen LogP contribution < -0.4 is 11.1 Å². The monoisotopic (exact) mass is 319 g/mol. The molecule has 0 radical (unpaired) electrons. The molecule has 1 amide bonds. The van der Waals surface area contributed by atoms with Gasteiger partial charge in [-0.05, 0) is 24.5 Å². The SMILES string of the molecule is NC(=O)c1cnc(NC(CCCO)c2ccccc2)c(Cl)c1. The minimum Gasteiger partial charge on any atom is -0.396 e. The third-order valence-corrected chi connectivity index (χ3v) is 3.58. The zero-order valence-electron chi connectivity index (χ0n) is 12.0. The number of carbonyl (C=O) groups is 1. The fourth-order valence-electron chi connectivity index (χ4n) is 2.15. The molecule has 0 saturated carbocycles. The molecule has 0 spiro atoms. The van der Waals surface area contributed by atoms with Crippen LogP contribution in [0, 0.1) is 0 Å². The van der Waals surface area contributed by atoms with Crippen molar-refractivity contribution in [2.75, 3.05) is 11.9 Å². The number of aromatic nitrogens is 1. The maximum Gasteiger partial charge on any atom is 0.250 e. The number of aliphatic hydroxyl groups is 1. The van der Waals surface area contributed by atoms with Gasteiger partial charge in [0.2, 0.25) is 5.91 Å². The summed E-state index contributed by atoms with van der Waals surface area (Å²) >= 11 is 6.16. The maximum absolute atomic E-state index is 11.1. The molecule has 1 aromatic heterocycles. The summed E-state index contributed by atoms with van der Waals surface area (Å²) in [4.78, 5) is 15.3. The summed E-state index contributed by atoms with van der Waals surface area (Å²) < 4.78 is 0. The first-order chi connectivity index (χ1) is 10.6. The molecule has 1 unspecified atom stereocenters. The number of pyridine rings is 1. The second-order valence-corrected chi connectivity index (χ2v) is 5.30. The summed E-state index contributed by atoms with van der Waals surface area (Å²) in [6.07, 6.45) is 2.78. The normalized spacial score (nSPS) is 11.9. The van der Waals surface area contributed by atoms with Gasteiger partial charge in [0.1, 0.15) is 5.82 Å². The first-order valence-corrected chi connectivity index (χ1v) is 7.37. The summed E-state index contributed by atoms with van der Waals surface area (Å²) in [6, 6.07) is 11.3. The third kappa shape index (κ3) is 4.19. The van der Waals surface area contributed by atoms with E-state index in [9.17, 15) is 4.79 Å². The lowest BCUT2D eigenvalue weighted by Gasteiger charge is -2.20. The number of primary amides is 1. The van der Waals surface area contributed by atoms with E-state index in [1.807, 2.05) is 30.3 Å². The Bertz CT molecular complexity index is 635. The summed E-state index contributed by atoms with van der Waals surface area (Å²) in [7, 11) is 0. The van der Waals surface area contributed by atoms with Gasteiger partial charge in [-0.1, -0.05) is 41.9 Å². The molecule has 22 heavy (non-hydrogen) atoms. The van der Waals surface area contributed by atoms with Crippen molar-refractivity contribution in [1.82, 2.24) is 4.98 Å². The number of anilines is 1. The molecule has 1 aromatic carbocycles. The Morgan fingerprint density at radius 3 is 2.68 bits per heavy atom. The number of nitrogens with one attached hydrogen (secondary N) is 1. The van der Waals surface area contributed by atoms with Crippen molar-refractivity contribution in [2.24, 2.45) is 5.73 Å². The van der Waals surface area contributed by atoms with Crippen LogP contribution in [-0.2, 0) is 0 Å². The van der Waals surface area contributed by atoms with E-state index in [0.717, 1.165) is 12.0 Å². The molecule has 0 bridgehead atoms. The van der Waals surface area contributed by atoms with Crippen LogP contribution in [0.15, 0.2) is 42.6 Å². The van der Waals surface area contributed by atoms with Gasteiger partial charge in [-0.2, -0.15) is 0 Å². The van der Waals surface area contributed by atoms with Crippen molar-refractivity contribution >= 4 is 23.3 Å². The van der Waals surface area contributed by atoms with Crippen molar-refractivity contribution in [3.63, 3.8) is 0 Å². The molecular formula is C16H18ClN3O2. The minimum atomic E-state index is -0.569. The molecule has 0 aliphatic heterocycles. The van der Waals surface area contributed by atoms with E-state index in [4.69, 9.17) is 22.4 Å². The maximum atomic E-state index is 11.1. The summed E-state index contributed by atoms with van der Waals surface area (Å²) in [5, 5.41) is 12.7. The molecule has 0 aliphatic carbocycles. The molecular weight excluding hydrogens is 302 g/mol. The Morgan fingerprint density at radius 1 is 1.36 bits per heavy atom. The number of halogens is 1. The molecule has 0 saturated heterocycles. The summed E-state index contributed by atoms with van der Waals surface area (Å²) in [5.41, 5.74) is 6.55. The van der Waals surface area contributed by atoms with Crippen LogP contribution in [0.4, 0.5) is 5.82 Å². The molecule has 5 nitrogen and oxygen atoms in total. The highest BCUT2D eigenvalue weighted by molar-refractivity contribution is 6.33. The number of hydrogen-bond acceptors (Lipinski definition) is 4. The zero-order valence-corrected chi connectivity index (χ0v) is 12.8. The van der Waals surface area contributed by atoms with E-state index >= 15 is 0 Å². The number of hydrogen-bond donors (Lipinski definition) is 3. The number of rotatable bonds is 7. The van der Waals surface area contributed by atoms with Crippen molar-refractivity contribution in [2.45, 2.75) is 18.9 Å². The molecule has 1 heterocycles. The van der Waals surface area contributed by atoms with Gasteiger partial charge in [-0.3, -0.25) is 4.79 Å². The lowest BCUT2D eigenvalue weighted by atomic mass is 10.0. The van der Waals surface area contributed by atoms with E-state index < -0.39 is 5.91 Å². The Labute approximate surface area is 134 Å². The first kappa shape index (κ1) is 16.3. The standard InChI is InChI=1S/C16H18ClN3O2/c17-13-9-12(15(18)22)10-19-16(13)20-14(7-4-8-21)11-5-2-1-3-6-11/h1-3,5-6,9-10,14,21H,4,7-8H2,(H2,18,22)(H,19,20). The molecule has 116 valence electrons. The average molecular weight is 320 g/mol. The average Bonchev–Trinajstić information content (AvgIpc) is 2.53. The number of carbonyl (C=O) groups excluding carboxylic acids is 1. The first-order valence-electron chi connectivity index (χ1n) is 6.99. The predicted molar refractivity (Wildman–Crippen MR) is 86.9 cm³/mol. The lowest BCUT2D eigenvalue weighted by Crippen LogP contribution is -2.15. The quantitative estimate of drug-likeness (QED) is 0.732. The Balaban J connectivity index is 2.21. The van der Waals surface area contributed by atoms with Gasteiger partial charge >= 0.3 is 0 Å². The highest BCUT2D eigenvalue weighted by Crippen LogP contribution is 2.27. The van der Waals surface area contributed by atoms with Gasteiger partial charge < -0.3 is 16.2 Å². The molecule has 0 fully saturated rings. The second-order valence-electron chi connectivity index (χ2n) is 4.89. The Morgan fingerprint density at radius 2 is 2.09 bits per heavy atom. The second kappa shape index (κ2) is 7.77. The van der Waals surface area contributed by atoms with Crippen LogP contribution in [0.3, 0.4) is 0 Å². The van der Waals surface area contributed by atoms with Crippen LogP contribution in [0.25, 0.3) is 0 Å². The molecule has 4 N–H and O–H groups in total. The van der Waals surface area contributed by atoms with Gasteiger partial charge in [0.05, 0.1) is 16.6 Å². The highest BCUT2D eigenvalue weighted by Gasteiger charge is 2.14. The molecule has 2 rings (SSSR count). The van der Waals surface area contributed by atoms with Crippen molar-refractivity contribution in [3.05, 3.63) is 58.7 Å².